The van der Waals surface area contributed by atoms with E-state index in [9.17, 15) is 9.59 Å². The highest BCUT2D eigenvalue weighted by atomic mass is 16.6. The van der Waals surface area contributed by atoms with Gasteiger partial charge < -0.3 is 9.47 Å². The van der Waals surface area contributed by atoms with E-state index in [0.29, 0.717) is 16.7 Å². The number of ether oxygens (including phenoxy) is 2. The van der Waals surface area contributed by atoms with E-state index >= 15 is 0 Å². The Morgan fingerprint density at radius 2 is 1.71 bits per heavy atom. The van der Waals surface area contributed by atoms with Crippen molar-refractivity contribution in [1.82, 2.24) is 0 Å². The van der Waals surface area contributed by atoms with Gasteiger partial charge in [0.25, 0.3) is 0 Å². The first-order valence-corrected chi connectivity index (χ1v) is 7.39. The number of methoxy groups -OCH3 is 1. The highest BCUT2D eigenvalue weighted by Crippen LogP contribution is 2.26. The third-order valence-corrected chi connectivity index (χ3v) is 3.56. The predicted octanol–water partition coefficient (Wildman–Crippen LogP) is 2.62. The van der Waals surface area contributed by atoms with E-state index in [4.69, 9.17) is 9.47 Å². The van der Waals surface area contributed by atoms with Gasteiger partial charge in [0.05, 0.1) is 7.11 Å². The third-order valence-electron chi connectivity index (χ3n) is 3.56. The minimum Gasteiger partial charge on any atom is -0.466 e. The Hall–Kier alpha value is -3.21. The number of hydrogen-bond donors (Lipinski definition) is 0. The number of esters is 2. The van der Waals surface area contributed by atoms with Crippen molar-refractivity contribution >= 4 is 23.4 Å². The van der Waals surface area contributed by atoms with Gasteiger partial charge in [0, 0.05) is 17.2 Å². The van der Waals surface area contributed by atoms with Gasteiger partial charge in [-0.2, -0.15) is 0 Å². The highest BCUT2D eigenvalue weighted by Gasteiger charge is 2.34. The van der Waals surface area contributed by atoms with Crippen LogP contribution in [0.2, 0.25) is 0 Å². The molecule has 0 saturated carbocycles. The lowest BCUT2D eigenvalue weighted by atomic mass is 9.98. The summed E-state index contributed by atoms with van der Waals surface area (Å²) in [6, 6.07) is 17.4. The van der Waals surface area contributed by atoms with Crippen molar-refractivity contribution in [1.29, 1.82) is 0 Å². The van der Waals surface area contributed by atoms with Crippen molar-refractivity contribution in [2.75, 3.05) is 7.11 Å². The van der Waals surface area contributed by atoms with Gasteiger partial charge in [-0.25, -0.2) is 14.6 Å². The Morgan fingerprint density at radius 1 is 1.08 bits per heavy atom. The van der Waals surface area contributed by atoms with Crippen LogP contribution in [0.4, 0.5) is 0 Å². The number of nitrogens with zero attached hydrogens (tertiary/aromatic N) is 1. The molecular weight excluding hydrogens is 306 g/mol. The number of rotatable bonds is 4. The smallest absolute Gasteiger partial charge is 0.342 e. The first-order chi connectivity index (χ1) is 11.7. The molecule has 0 amide bonds. The van der Waals surface area contributed by atoms with Crippen LogP contribution < -0.4 is 0 Å². The molecule has 3 rings (SSSR count). The van der Waals surface area contributed by atoms with Crippen molar-refractivity contribution in [3.8, 4) is 0 Å². The van der Waals surface area contributed by atoms with Gasteiger partial charge >= 0.3 is 11.9 Å². The summed E-state index contributed by atoms with van der Waals surface area (Å²) < 4.78 is 9.99. The van der Waals surface area contributed by atoms with Gasteiger partial charge in [0.15, 0.2) is 6.04 Å². The van der Waals surface area contributed by atoms with Crippen LogP contribution in [0.3, 0.4) is 0 Å². The first kappa shape index (κ1) is 15.7. The Labute approximate surface area is 139 Å². The number of carbonyl (C=O) groups excluding carboxylic acids is 2. The van der Waals surface area contributed by atoms with E-state index in [1.54, 1.807) is 24.3 Å². The molecule has 1 unspecified atom stereocenters. The second kappa shape index (κ2) is 6.91. The molecule has 0 radical (unpaired) electrons. The molecule has 0 N–H and O–H groups in total. The standard InChI is InChI=1S/C19H15NO4/c1-23-16(21)12-15(13-8-4-2-5-9-13)17-19(22)24-18(20-17)14-10-6-3-7-11-14/h2-12,17H,1H3/b15-12+. The molecule has 0 spiro atoms. The molecule has 2 aromatic carbocycles. The zero-order valence-electron chi connectivity index (χ0n) is 13.0. The fourth-order valence-electron chi connectivity index (χ4n) is 2.39. The van der Waals surface area contributed by atoms with Gasteiger partial charge in [-0.3, -0.25) is 0 Å². The predicted molar refractivity (Wildman–Crippen MR) is 89.3 cm³/mol. The van der Waals surface area contributed by atoms with Gasteiger partial charge in [-0.15, -0.1) is 0 Å². The Kier molecular flexibility index (Phi) is 4.52. The molecule has 1 aliphatic heterocycles. The lowest BCUT2D eigenvalue weighted by Gasteiger charge is -2.09. The van der Waals surface area contributed by atoms with Gasteiger partial charge in [0.1, 0.15) is 0 Å². The quantitative estimate of drug-likeness (QED) is 0.641. The SMILES string of the molecule is COC(=O)/C=C(\c1ccccc1)C1N=C(c2ccccc2)OC1=O. The number of benzene rings is 2. The summed E-state index contributed by atoms with van der Waals surface area (Å²) in [5.41, 5.74) is 1.86. The summed E-state index contributed by atoms with van der Waals surface area (Å²) in [5.74, 6) is -0.824. The van der Waals surface area contributed by atoms with Crippen molar-refractivity contribution < 1.29 is 19.1 Å². The number of cyclic esters (lactones) is 1. The normalized spacial score (nSPS) is 17.2. The largest absolute Gasteiger partial charge is 0.466 e. The summed E-state index contributed by atoms with van der Waals surface area (Å²) in [5, 5.41) is 0. The lowest BCUT2D eigenvalue weighted by molar-refractivity contribution is -0.134. The van der Waals surface area contributed by atoms with Crippen molar-refractivity contribution in [3.05, 3.63) is 77.9 Å². The fraction of sp³-hybridized carbons (Fsp3) is 0.105. The average molecular weight is 321 g/mol. The van der Waals surface area contributed by atoms with Gasteiger partial charge in [-0.1, -0.05) is 48.5 Å². The minimum absolute atomic E-state index is 0.247. The van der Waals surface area contributed by atoms with Crippen LogP contribution in [0, 0.1) is 0 Å². The van der Waals surface area contributed by atoms with Crippen molar-refractivity contribution in [3.63, 3.8) is 0 Å². The van der Waals surface area contributed by atoms with Crippen LogP contribution >= 0.6 is 0 Å². The van der Waals surface area contributed by atoms with Crippen LogP contribution in [0.25, 0.3) is 5.57 Å². The number of carbonyl (C=O) groups is 2. The monoisotopic (exact) mass is 321 g/mol. The average Bonchev–Trinajstić information content (AvgIpc) is 3.02. The molecule has 5 heteroatoms. The lowest BCUT2D eigenvalue weighted by Crippen LogP contribution is -2.18. The Balaban J connectivity index is 2.02. The van der Waals surface area contributed by atoms with Crippen LogP contribution in [0.1, 0.15) is 11.1 Å². The maximum absolute atomic E-state index is 12.3. The Bertz CT molecular complexity index is 810. The van der Waals surface area contributed by atoms with E-state index < -0.39 is 18.0 Å². The molecule has 0 aliphatic carbocycles. The topological polar surface area (TPSA) is 65.0 Å². The second-order valence-corrected chi connectivity index (χ2v) is 5.11. The molecule has 1 aliphatic rings. The van der Waals surface area contributed by atoms with Crippen molar-refractivity contribution in [2.45, 2.75) is 6.04 Å². The maximum atomic E-state index is 12.3. The van der Waals surface area contributed by atoms with Gasteiger partial charge in [0.2, 0.25) is 5.90 Å². The molecule has 0 bridgehead atoms. The zero-order valence-corrected chi connectivity index (χ0v) is 13.0. The summed E-state index contributed by atoms with van der Waals surface area (Å²) in [6.07, 6.45) is 1.28. The van der Waals surface area contributed by atoms with E-state index in [0.717, 1.165) is 0 Å². The molecule has 1 atom stereocenters. The summed E-state index contributed by atoms with van der Waals surface area (Å²) in [6.45, 7) is 0. The fourth-order valence-corrected chi connectivity index (χ4v) is 2.39. The Morgan fingerprint density at radius 3 is 2.33 bits per heavy atom. The van der Waals surface area contributed by atoms with Crippen LogP contribution in [0.15, 0.2) is 71.7 Å². The molecular formula is C19H15NO4. The van der Waals surface area contributed by atoms with E-state index in [-0.39, 0.29) is 5.90 Å². The molecule has 2 aromatic rings. The van der Waals surface area contributed by atoms with E-state index in [1.165, 1.54) is 13.2 Å². The minimum atomic E-state index is -0.901. The maximum Gasteiger partial charge on any atom is 0.342 e. The molecule has 24 heavy (non-hydrogen) atoms. The highest BCUT2D eigenvalue weighted by molar-refractivity contribution is 6.12. The molecule has 0 fully saturated rings. The summed E-state index contributed by atoms with van der Waals surface area (Å²) in [4.78, 5) is 28.4. The molecule has 1 heterocycles. The number of hydrogen-bond acceptors (Lipinski definition) is 5. The summed E-state index contributed by atoms with van der Waals surface area (Å²) in [7, 11) is 1.28. The van der Waals surface area contributed by atoms with Crippen molar-refractivity contribution in [2.24, 2.45) is 4.99 Å². The molecule has 5 nitrogen and oxygen atoms in total. The second-order valence-electron chi connectivity index (χ2n) is 5.11. The third kappa shape index (κ3) is 3.25. The summed E-state index contributed by atoms with van der Waals surface area (Å²) >= 11 is 0. The van der Waals surface area contributed by atoms with Crippen LogP contribution in [-0.4, -0.2) is 31.0 Å². The van der Waals surface area contributed by atoms with Gasteiger partial charge in [-0.05, 0) is 17.7 Å². The van der Waals surface area contributed by atoms with Crippen LogP contribution in [0.5, 0.6) is 0 Å². The van der Waals surface area contributed by atoms with E-state index in [2.05, 4.69) is 4.99 Å². The molecule has 120 valence electrons. The number of aliphatic imine (C=N–C) groups is 1. The first-order valence-electron chi connectivity index (χ1n) is 7.39. The van der Waals surface area contributed by atoms with E-state index in [1.807, 2.05) is 36.4 Å². The zero-order chi connectivity index (χ0) is 16.9. The van der Waals surface area contributed by atoms with Crippen LogP contribution in [-0.2, 0) is 19.1 Å². The molecule has 0 saturated heterocycles. The molecule has 0 aromatic heterocycles.